The first kappa shape index (κ1) is 10.1. The van der Waals surface area contributed by atoms with Crippen LogP contribution in [0.15, 0.2) is 0 Å². The van der Waals surface area contributed by atoms with Gasteiger partial charge in [0.05, 0.1) is 0 Å². The molecule has 3 nitrogen and oxygen atoms in total. The van der Waals surface area contributed by atoms with E-state index in [2.05, 4.69) is 4.90 Å². The average Bonchev–Trinajstić information content (AvgIpc) is 3.00. The number of nitrogens with two attached hydrogens (primary N) is 1. The molecule has 2 aliphatic heterocycles. The number of hydrogen-bond acceptors (Lipinski definition) is 3. The monoisotopic (exact) mass is 210 g/mol. The fourth-order valence-corrected chi connectivity index (χ4v) is 3.13. The van der Waals surface area contributed by atoms with E-state index in [1.165, 1.54) is 32.2 Å². The molecule has 0 unspecified atom stereocenters. The van der Waals surface area contributed by atoms with E-state index in [0.717, 1.165) is 38.1 Å². The van der Waals surface area contributed by atoms with Gasteiger partial charge in [0.15, 0.2) is 0 Å². The molecular weight excluding hydrogens is 188 g/mol. The molecule has 3 heteroatoms. The van der Waals surface area contributed by atoms with Crippen molar-refractivity contribution in [3.05, 3.63) is 0 Å². The maximum atomic E-state index is 6.34. The van der Waals surface area contributed by atoms with Crippen molar-refractivity contribution < 1.29 is 4.74 Å². The fourth-order valence-electron chi connectivity index (χ4n) is 3.13. The van der Waals surface area contributed by atoms with E-state index in [4.69, 9.17) is 10.5 Å². The second kappa shape index (κ2) is 3.72. The molecule has 0 aromatic rings. The van der Waals surface area contributed by atoms with Crippen molar-refractivity contribution in [2.24, 2.45) is 17.6 Å². The zero-order chi connectivity index (χ0) is 10.3. The van der Waals surface area contributed by atoms with Crippen LogP contribution in [0, 0.1) is 11.8 Å². The van der Waals surface area contributed by atoms with Gasteiger partial charge in [-0.25, -0.2) is 0 Å². The van der Waals surface area contributed by atoms with Gasteiger partial charge in [0.1, 0.15) is 0 Å². The number of hydrogen-bond donors (Lipinski definition) is 1. The van der Waals surface area contributed by atoms with Gasteiger partial charge >= 0.3 is 0 Å². The lowest BCUT2D eigenvalue weighted by atomic mass is 9.84. The largest absolute Gasteiger partial charge is 0.381 e. The lowest BCUT2D eigenvalue weighted by molar-refractivity contribution is 0.00769. The number of ether oxygens (including phenoxy) is 1. The van der Waals surface area contributed by atoms with E-state index >= 15 is 0 Å². The highest BCUT2D eigenvalue weighted by Crippen LogP contribution is 2.43. The molecule has 0 aromatic heterocycles. The molecule has 0 atom stereocenters. The molecule has 15 heavy (non-hydrogen) atoms. The minimum atomic E-state index is 0.200. The van der Waals surface area contributed by atoms with Gasteiger partial charge in [-0.3, -0.25) is 4.90 Å². The molecule has 0 bridgehead atoms. The summed E-state index contributed by atoms with van der Waals surface area (Å²) in [6, 6.07) is 0. The van der Waals surface area contributed by atoms with E-state index in [-0.39, 0.29) is 5.54 Å². The van der Waals surface area contributed by atoms with Crippen LogP contribution >= 0.6 is 0 Å². The second-order valence-electron chi connectivity index (χ2n) is 5.73. The summed E-state index contributed by atoms with van der Waals surface area (Å²) in [5.74, 6) is 1.71. The molecule has 3 aliphatic rings. The Kier molecular flexibility index (Phi) is 2.49. The molecule has 2 saturated heterocycles. The number of rotatable bonds is 3. The lowest BCUT2D eigenvalue weighted by Gasteiger charge is -2.49. The summed E-state index contributed by atoms with van der Waals surface area (Å²) in [5.41, 5.74) is 6.54. The molecule has 1 saturated carbocycles. The molecule has 0 aromatic carbocycles. The quantitative estimate of drug-likeness (QED) is 0.750. The second-order valence-corrected chi connectivity index (χ2v) is 5.73. The Morgan fingerprint density at radius 3 is 2.40 bits per heavy atom. The van der Waals surface area contributed by atoms with Crippen LogP contribution in [0.3, 0.4) is 0 Å². The van der Waals surface area contributed by atoms with Gasteiger partial charge in [-0.05, 0) is 37.5 Å². The predicted molar refractivity (Wildman–Crippen MR) is 59.6 cm³/mol. The van der Waals surface area contributed by atoms with E-state index in [1.54, 1.807) is 0 Å². The summed E-state index contributed by atoms with van der Waals surface area (Å²) in [4.78, 5) is 2.55. The van der Waals surface area contributed by atoms with E-state index in [0.29, 0.717) is 0 Å². The van der Waals surface area contributed by atoms with Crippen molar-refractivity contribution in [3.63, 3.8) is 0 Å². The van der Waals surface area contributed by atoms with E-state index < -0.39 is 0 Å². The van der Waals surface area contributed by atoms with E-state index in [9.17, 15) is 0 Å². The summed E-state index contributed by atoms with van der Waals surface area (Å²) < 4.78 is 5.38. The van der Waals surface area contributed by atoms with E-state index in [1.807, 2.05) is 0 Å². The van der Waals surface area contributed by atoms with Crippen molar-refractivity contribution in [2.45, 2.75) is 31.2 Å². The van der Waals surface area contributed by atoms with Crippen LogP contribution in [0.4, 0.5) is 0 Å². The molecule has 2 heterocycles. The smallest absolute Gasteiger partial charge is 0.0469 e. The third-order valence-corrected chi connectivity index (χ3v) is 4.28. The first-order valence-corrected chi connectivity index (χ1v) is 6.35. The zero-order valence-electron chi connectivity index (χ0n) is 9.45. The Labute approximate surface area is 91.9 Å². The molecular formula is C12H22N2O. The molecule has 1 aliphatic carbocycles. The maximum absolute atomic E-state index is 6.34. The SMILES string of the molecule is NC1(C2CC2)CN(CC2CCOCC2)C1. The van der Waals surface area contributed by atoms with Crippen molar-refractivity contribution >= 4 is 0 Å². The molecule has 86 valence electrons. The van der Waals surface area contributed by atoms with Crippen molar-refractivity contribution in [3.8, 4) is 0 Å². The number of likely N-dealkylation sites (tertiary alicyclic amines) is 1. The third-order valence-electron chi connectivity index (χ3n) is 4.28. The third kappa shape index (κ3) is 2.05. The lowest BCUT2D eigenvalue weighted by Crippen LogP contribution is -2.69. The van der Waals surface area contributed by atoms with Gasteiger partial charge < -0.3 is 10.5 Å². The van der Waals surface area contributed by atoms with Gasteiger partial charge in [-0.1, -0.05) is 0 Å². The van der Waals surface area contributed by atoms with Gasteiger partial charge in [0.25, 0.3) is 0 Å². The Balaban J connectivity index is 1.42. The van der Waals surface area contributed by atoms with Crippen molar-refractivity contribution in [1.82, 2.24) is 4.90 Å². The summed E-state index contributed by atoms with van der Waals surface area (Å²) in [6.45, 7) is 5.49. The van der Waals surface area contributed by atoms with Crippen molar-refractivity contribution in [2.75, 3.05) is 32.8 Å². The van der Waals surface area contributed by atoms with Crippen LogP contribution in [0.25, 0.3) is 0 Å². The van der Waals surface area contributed by atoms with Crippen molar-refractivity contribution in [1.29, 1.82) is 0 Å². The van der Waals surface area contributed by atoms with Gasteiger partial charge in [-0.15, -0.1) is 0 Å². The van der Waals surface area contributed by atoms with Crippen LogP contribution in [-0.2, 0) is 4.74 Å². The minimum Gasteiger partial charge on any atom is -0.381 e. The zero-order valence-corrected chi connectivity index (χ0v) is 9.45. The highest BCUT2D eigenvalue weighted by atomic mass is 16.5. The molecule has 2 N–H and O–H groups in total. The van der Waals surface area contributed by atoms with Crippen LogP contribution in [-0.4, -0.2) is 43.3 Å². The van der Waals surface area contributed by atoms with Gasteiger partial charge in [0, 0.05) is 38.4 Å². The van der Waals surface area contributed by atoms with Gasteiger partial charge in [-0.2, -0.15) is 0 Å². The first-order valence-electron chi connectivity index (χ1n) is 6.35. The Morgan fingerprint density at radius 2 is 1.80 bits per heavy atom. The Hall–Kier alpha value is -0.120. The van der Waals surface area contributed by atoms with Gasteiger partial charge in [0.2, 0.25) is 0 Å². The highest BCUT2D eigenvalue weighted by molar-refractivity contribution is 5.09. The fraction of sp³-hybridized carbons (Fsp3) is 1.00. The normalized spacial score (nSPS) is 32.6. The molecule has 0 spiro atoms. The van der Waals surface area contributed by atoms with Crippen LogP contribution < -0.4 is 5.73 Å². The predicted octanol–water partition coefficient (Wildman–Crippen LogP) is 0.836. The van der Waals surface area contributed by atoms with Crippen LogP contribution in [0.5, 0.6) is 0 Å². The minimum absolute atomic E-state index is 0.200. The highest BCUT2D eigenvalue weighted by Gasteiger charge is 2.50. The average molecular weight is 210 g/mol. The summed E-state index contributed by atoms with van der Waals surface area (Å²) >= 11 is 0. The van der Waals surface area contributed by atoms with Crippen LogP contribution in [0.1, 0.15) is 25.7 Å². The standard InChI is InChI=1S/C12H22N2O/c13-12(11-1-2-11)8-14(9-12)7-10-3-5-15-6-4-10/h10-11H,1-9,13H2. The summed E-state index contributed by atoms with van der Waals surface area (Å²) in [6.07, 6.45) is 5.25. The number of nitrogens with zero attached hydrogens (tertiary/aromatic N) is 1. The molecule has 3 rings (SSSR count). The maximum Gasteiger partial charge on any atom is 0.0469 e. The molecule has 0 radical (unpaired) electrons. The Bertz CT molecular complexity index is 228. The topological polar surface area (TPSA) is 38.5 Å². The Morgan fingerprint density at radius 1 is 1.13 bits per heavy atom. The molecule has 3 fully saturated rings. The van der Waals surface area contributed by atoms with Crippen LogP contribution in [0.2, 0.25) is 0 Å². The summed E-state index contributed by atoms with van der Waals surface area (Å²) in [5, 5.41) is 0. The molecule has 0 amide bonds. The first-order chi connectivity index (χ1) is 7.26. The summed E-state index contributed by atoms with van der Waals surface area (Å²) in [7, 11) is 0.